The minimum absolute atomic E-state index is 1.14. The highest BCUT2D eigenvalue weighted by atomic mass is 14.2. The van der Waals surface area contributed by atoms with E-state index in [1.807, 2.05) is 62.4 Å². The Labute approximate surface area is 98.0 Å². The number of hydrogen-bond donors (Lipinski definition) is 0. The first kappa shape index (κ1) is 13.9. The monoisotopic (exact) mass is 211 g/mol. The molecule has 1 rings (SSSR count). The molecule has 0 heterocycles. The number of benzene rings is 1. The van der Waals surface area contributed by atoms with Crippen molar-refractivity contribution in [2.24, 2.45) is 0 Å². The van der Waals surface area contributed by atoms with Gasteiger partial charge >= 0.3 is 0 Å². The van der Waals surface area contributed by atoms with E-state index in [1.54, 1.807) is 6.08 Å². The van der Waals surface area contributed by atoms with Crippen molar-refractivity contribution in [2.45, 2.75) is 13.8 Å². The van der Waals surface area contributed by atoms with Crippen LogP contribution in [-0.4, -0.2) is 0 Å². The first-order valence-corrected chi connectivity index (χ1v) is 5.07. The summed E-state index contributed by atoms with van der Waals surface area (Å²) in [6.07, 6.45) is 6.96. The number of allylic oxidation sites excluding steroid dienone is 4. The van der Waals surface area contributed by atoms with Crippen molar-refractivity contribution in [3.63, 3.8) is 0 Å². The van der Waals surface area contributed by atoms with E-state index in [2.05, 4.69) is 6.58 Å². The Morgan fingerprint density at radius 1 is 1.19 bits per heavy atom. The smallest absolute Gasteiger partial charge is 0.0912 e. The molecule has 0 aliphatic heterocycles. The Kier molecular flexibility index (Phi) is 8.26. The van der Waals surface area contributed by atoms with Gasteiger partial charge in [0.1, 0.15) is 0 Å². The van der Waals surface area contributed by atoms with E-state index in [4.69, 9.17) is 5.26 Å². The fraction of sp³-hybridized carbons (Fsp3) is 0.133. The van der Waals surface area contributed by atoms with Gasteiger partial charge in [-0.05, 0) is 19.4 Å². The standard InChI is InChI=1S/C11H9N.C4H8/c12-10-6-2-5-9-11-7-3-1-4-8-11;1-4(2)3/h1-9H;1H2,2-3H3. The second kappa shape index (κ2) is 9.48. The molecule has 0 unspecified atom stereocenters. The zero-order valence-corrected chi connectivity index (χ0v) is 9.85. The Morgan fingerprint density at radius 3 is 2.25 bits per heavy atom. The van der Waals surface area contributed by atoms with Crippen LogP contribution in [0.15, 0.2) is 60.7 Å². The fourth-order valence-electron chi connectivity index (χ4n) is 0.829. The Hall–Kier alpha value is -2.07. The van der Waals surface area contributed by atoms with E-state index < -0.39 is 0 Å². The molecule has 16 heavy (non-hydrogen) atoms. The number of rotatable bonds is 2. The third kappa shape index (κ3) is 10.0. The van der Waals surface area contributed by atoms with Crippen molar-refractivity contribution >= 4 is 6.08 Å². The largest absolute Gasteiger partial charge is 0.193 e. The van der Waals surface area contributed by atoms with Gasteiger partial charge in [-0.25, -0.2) is 0 Å². The molecule has 0 saturated carbocycles. The van der Waals surface area contributed by atoms with Crippen LogP contribution >= 0.6 is 0 Å². The topological polar surface area (TPSA) is 23.8 Å². The summed E-state index contributed by atoms with van der Waals surface area (Å²) in [6.45, 7) is 7.50. The minimum Gasteiger partial charge on any atom is -0.193 e. The Morgan fingerprint density at radius 2 is 1.75 bits per heavy atom. The molecule has 1 heteroatoms. The van der Waals surface area contributed by atoms with Crippen LogP contribution in [0.4, 0.5) is 0 Å². The third-order valence-electron chi connectivity index (χ3n) is 1.37. The lowest BCUT2D eigenvalue weighted by molar-refractivity contribution is 1.42. The van der Waals surface area contributed by atoms with Gasteiger partial charge in [-0.3, -0.25) is 0 Å². The predicted molar refractivity (Wildman–Crippen MR) is 70.7 cm³/mol. The summed E-state index contributed by atoms with van der Waals surface area (Å²) in [6, 6.07) is 11.9. The summed E-state index contributed by atoms with van der Waals surface area (Å²) in [5.74, 6) is 0. The molecule has 1 aromatic rings. The maximum atomic E-state index is 8.19. The molecule has 0 aliphatic rings. The average molecular weight is 211 g/mol. The van der Waals surface area contributed by atoms with Crippen LogP contribution in [0.25, 0.3) is 6.08 Å². The van der Waals surface area contributed by atoms with Crippen LogP contribution < -0.4 is 0 Å². The summed E-state index contributed by atoms with van der Waals surface area (Å²) < 4.78 is 0. The number of nitrogens with zero attached hydrogens (tertiary/aromatic N) is 1. The van der Waals surface area contributed by atoms with Crippen LogP contribution in [0.1, 0.15) is 19.4 Å². The molecule has 0 amide bonds. The molecule has 0 bridgehead atoms. The molecular weight excluding hydrogens is 194 g/mol. The molecule has 1 nitrogen and oxygen atoms in total. The molecule has 0 atom stereocenters. The van der Waals surface area contributed by atoms with Gasteiger partial charge in [-0.15, -0.1) is 6.58 Å². The SMILES string of the molecule is C=C(C)C.N#CC=CC=Cc1ccccc1. The van der Waals surface area contributed by atoms with Gasteiger partial charge in [0.2, 0.25) is 0 Å². The van der Waals surface area contributed by atoms with Crippen molar-refractivity contribution < 1.29 is 0 Å². The number of nitriles is 1. The van der Waals surface area contributed by atoms with Gasteiger partial charge in [0, 0.05) is 6.08 Å². The second-order valence-electron chi connectivity index (χ2n) is 3.47. The van der Waals surface area contributed by atoms with Crippen LogP contribution in [0.2, 0.25) is 0 Å². The molecule has 0 N–H and O–H groups in total. The Bertz CT molecular complexity index is 387. The molecule has 0 aromatic heterocycles. The molecule has 0 fully saturated rings. The van der Waals surface area contributed by atoms with Crippen LogP contribution in [0.5, 0.6) is 0 Å². The molecule has 0 aliphatic carbocycles. The van der Waals surface area contributed by atoms with Crippen LogP contribution in [-0.2, 0) is 0 Å². The van der Waals surface area contributed by atoms with Crippen LogP contribution in [0, 0.1) is 11.3 Å². The van der Waals surface area contributed by atoms with E-state index in [0.29, 0.717) is 0 Å². The van der Waals surface area contributed by atoms with Gasteiger partial charge in [-0.2, -0.15) is 5.26 Å². The van der Waals surface area contributed by atoms with Gasteiger partial charge < -0.3 is 0 Å². The van der Waals surface area contributed by atoms with Gasteiger partial charge in [0.15, 0.2) is 0 Å². The molecule has 0 spiro atoms. The van der Waals surface area contributed by atoms with Gasteiger partial charge in [0.05, 0.1) is 6.07 Å². The molecule has 0 saturated heterocycles. The summed E-state index contributed by atoms with van der Waals surface area (Å²) in [4.78, 5) is 0. The van der Waals surface area contributed by atoms with E-state index in [0.717, 1.165) is 5.56 Å². The van der Waals surface area contributed by atoms with E-state index >= 15 is 0 Å². The second-order valence-corrected chi connectivity index (χ2v) is 3.47. The summed E-state index contributed by atoms with van der Waals surface area (Å²) in [5.41, 5.74) is 2.31. The molecular formula is C15H17N. The lowest BCUT2D eigenvalue weighted by Gasteiger charge is -1.87. The quantitative estimate of drug-likeness (QED) is 0.405. The zero-order chi connectivity index (χ0) is 12.2. The Balaban J connectivity index is 0.000000487. The predicted octanol–water partition coefficient (Wildman–Crippen LogP) is 4.36. The maximum Gasteiger partial charge on any atom is 0.0912 e. The first-order chi connectivity index (χ1) is 7.66. The maximum absolute atomic E-state index is 8.19. The third-order valence-corrected chi connectivity index (χ3v) is 1.37. The van der Waals surface area contributed by atoms with Crippen molar-refractivity contribution in [1.29, 1.82) is 5.26 Å². The highest BCUT2D eigenvalue weighted by molar-refractivity contribution is 5.50. The first-order valence-electron chi connectivity index (χ1n) is 5.07. The van der Waals surface area contributed by atoms with Crippen molar-refractivity contribution in [3.05, 3.63) is 66.3 Å². The lowest BCUT2D eigenvalue weighted by atomic mass is 10.2. The molecule has 0 radical (unpaired) electrons. The van der Waals surface area contributed by atoms with Gasteiger partial charge in [0.25, 0.3) is 0 Å². The fourth-order valence-corrected chi connectivity index (χ4v) is 0.829. The highest BCUT2D eigenvalue weighted by Crippen LogP contribution is 2.00. The van der Waals surface area contributed by atoms with E-state index in [9.17, 15) is 0 Å². The van der Waals surface area contributed by atoms with Crippen molar-refractivity contribution in [3.8, 4) is 6.07 Å². The highest BCUT2D eigenvalue weighted by Gasteiger charge is 1.78. The zero-order valence-electron chi connectivity index (χ0n) is 9.85. The minimum atomic E-state index is 1.14. The van der Waals surface area contributed by atoms with Crippen molar-refractivity contribution in [2.75, 3.05) is 0 Å². The summed E-state index contributed by atoms with van der Waals surface area (Å²) in [7, 11) is 0. The molecule has 1 aromatic carbocycles. The normalized spacial score (nSPS) is 9.56. The van der Waals surface area contributed by atoms with Crippen molar-refractivity contribution in [1.82, 2.24) is 0 Å². The van der Waals surface area contributed by atoms with Gasteiger partial charge in [-0.1, -0.05) is 54.1 Å². The summed E-state index contributed by atoms with van der Waals surface area (Å²) in [5, 5.41) is 8.19. The van der Waals surface area contributed by atoms with Crippen LogP contribution in [0.3, 0.4) is 0 Å². The van der Waals surface area contributed by atoms with E-state index in [-0.39, 0.29) is 0 Å². The molecule has 82 valence electrons. The van der Waals surface area contributed by atoms with E-state index in [1.165, 1.54) is 11.6 Å². The summed E-state index contributed by atoms with van der Waals surface area (Å²) >= 11 is 0. The number of hydrogen-bond acceptors (Lipinski definition) is 1. The lowest BCUT2D eigenvalue weighted by Crippen LogP contribution is -1.66. The average Bonchev–Trinajstić information content (AvgIpc) is 2.25.